The van der Waals surface area contributed by atoms with Crippen molar-refractivity contribution in [3.8, 4) is 0 Å². The summed E-state index contributed by atoms with van der Waals surface area (Å²) in [4.78, 5) is 24.9. The first kappa shape index (κ1) is 22.8. The number of rotatable bonds is 8. The van der Waals surface area contributed by atoms with Crippen LogP contribution < -0.4 is 32.6 Å². The van der Waals surface area contributed by atoms with Crippen molar-refractivity contribution in [3.63, 3.8) is 0 Å². The second-order valence-corrected chi connectivity index (χ2v) is 6.74. The van der Waals surface area contributed by atoms with Gasteiger partial charge in [-0.05, 0) is 53.4 Å². The van der Waals surface area contributed by atoms with Crippen LogP contribution in [-0.4, -0.2) is 46.1 Å². The molecule has 0 fully saturated rings. The van der Waals surface area contributed by atoms with Crippen LogP contribution in [0.1, 0.15) is 20.7 Å². The van der Waals surface area contributed by atoms with Crippen molar-refractivity contribution in [2.45, 2.75) is 0 Å². The van der Waals surface area contributed by atoms with Crippen LogP contribution in [0.15, 0.2) is 72.8 Å². The van der Waals surface area contributed by atoms with Gasteiger partial charge in [0.25, 0.3) is 11.8 Å². The van der Waals surface area contributed by atoms with E-state index in [1.54, 1.807) is 30.3 Å². The van der Waals surface area contributed by atoms with E-state index >= 15 is 0 Å². The molecule has 162 valence electrons. The van der Waals surface area contributed by atoms with Crippen LogP contribution in [0.25, 0.3) is 0 Å². The van der Waals surface area contributed by atoms with Crippen molar-refractivity contribution in [2.75, 3.05) is 10.9 Å². The zero-order valence-electron chi connectivity index (χ0n) is 16.7. The van der Waals surface area contributed by atoms with Crippen LogP contribution in [0.4, 0.5) is 11.4 Å². The molecule has 32 heavy (non-hydrogen) atoms. The summed E-state index contributed by atoms with van der Waals surface area (Å²) in [7, 11) is -3.26. The van der Waals surface area contributed by atoms with E-state index in [1.807, 2.05) is 0 Å². The summed E-state index contributed by atoms with van der Waals surface area (Å²) in [6.07, 6.45) is 0. The lowest BCUT2D eigenvalue weighted by Crippen LogP contribution is -2.33. The zero-order chi connectivity index (χ0) is 23.1. The van der Waals surface area contributed by atoms with Gasteiger partial charge in [0.1, 0.15) is 0 Å². The molecule has 0 saturated heterocycles. The topological polar surface area (TPSA) is 163 Å². The van der Waals surface area contributed by atoms with Gasteiger partial charge >= 0.3 is 14.2 Å². The van der Waals surface area contributed by atoms with E-state index < -0.39 is 26.1 Å². The second-order valence-electron chi connectivity index (χ2n) is 6.74. The maximum absolute atomic E-state index is 12.4. The average Bonchev–Trinajstić information content (AvgIpc) is 2.81. The number of hydrogen-bond donors (Lipinski definition) is 8. The van der Waals surface area contributed by atoms with Crippen molar-refractivity contribution in [2.24, 2.45) is 0 Å². The Hall–Kier alpha value is -3.83. The van der Waals surface area contributed by atoms with E-state index in [0.29, 0.717) is 11.4 Å². The normalized spacial score (nSPS) is 10.1. The number of nitrogens with one attached hydrogen (secondary N) is 4. The second kappa shape index (κ2) is 10.5. The third-order valence-corrected chi connectivity index (χ3v) is 4.40. The molecule has 3 aromatic rings. The van der Waals surface area contributed by atoms with Gasteiger partial charge in [0.05, 0.1) is 11.4 Å². The minimum absolute atomic E-state index is 0.217. The van der Waals surface area contributed by atoms with E-state index in [4.69, 9.17) is 0 Å². The highest BCUT2D eigenvalue weighted by atomic mass is 16.4. The number of benzene rings is 3. The van der Waals surface area contributed by atoms with Crippen molar-refractivity contribution < 1.29 is 29.7 Å². The molecule has 3 aromatic carbocycles. The lowest BCUT2D eigenvalue weighted by atomic mass is 9.80. The van der Waals surface area contributed by atoms with Gasteiger partial charge in [-0.3, -0.25) is 31.3 Å². The standard InChI is InChI=1S/C20H20B2N4O6/c27-19(25-23-17-8-2-6-15(11-17)21(29)30)13-4-1-5-14(10-13)20(28)26-24-18-9-3-7-16(12-18)22(31)32/h1-12,23-24,29-32H,(H,25,27)(H,26,28). The molecule has 0 aliphatic heterocycles. The lowest BCUT2D eigenvalue weighted by Gasteiger charge is -2.12. The van der Waals surface area contributed by atoms with Gasteiger partial charge in [-0.15, -0.1) is 0 Å². The van der Waals surface area contributed by atoms with E-state index in [-0.39, 0.29) is 22.1 Å². The smallest absolute Gasteiger partial charge is 0.423 e. The summed E-state index contributed by atoms with van der Waals surface area (Å²) < 4.78 is 0. The Kier molecular flexibility index (Phi) is 7.47. The predicted octanol–water partition coefficient (Wildman–Crippen LogP) is -1.44. The third-order valence-electron chi connectivity index (χ3n) is 4.40. The molecule has 0 saturated carbocycles. The summed E-state index contributed by atoms with van der Waals surface area (Å²) in [6.45, 7) is 0. The fraction of sp³-hybridized carbons (Fsp3) is 0. The first-order chi connectivity index (χ1) is 15.3. The fourth-order valence-electron chi connectivity index (χ4n) is 2.76. The SMILES string of the molecule is O=C(NNc1cccc(B(O)O)c1)c1cccc(C(=O)NNc2cccc(B(O)O)c2)c1. The van der Waals surface area contributed by atoms with E-state index in [2.05, 4.69) is 21.7 Å². The molecular weight excluding hydrogens is 414 g/mol. The van der Waals surface area contributed by atoms with Gasteiger partial charge in [-0.25, -0.2) is 0 Å². The monoisotopic (exact) mass is 434 g/mol. The van der Waals surface area contributed by atoms with Crippen LogP contribution in [0.2, 0.25) is 0 Å². The summed E-state index contributed by atoms with van der Waals surface area (Å²) in [5.74, 6) is -1.01. The Balaban J connectivity index is 1.60. The van der Waals surface area contributed by atoms with Crippen LogP contribution in [-0.2, 0) is 0 Å². The predicted molar refractivity (Wildman–Crippen MR) is 121 cm³/mol. The number of hydrazine groups is 2. The van der Waals surface area contributed by atoms with Crippen molar-refractivity contribution >= 4 is 48.4 Å². The Morgan fingerprint density at radius 2 is 1.00 bits per heavy atom. The van der Waals surface area contributed by atoms with Crippen molar-refractivity contribution in [1.29, 1.82) is 0 Å². The van der Waals surface area contributed by atoms with Gasteiger partial charge in [0, 0.05) is 11.1 Å². The van der Waals surface area contributed by atoms with Gasteiger partial charge in [0.15, 0.2) is 0 Å². The maximum Gasteiger partial charge on any atom is 0.488 e. The lowest BCUT2D eigenvalue weighted by molar-refractivity contribution is 0.0962. The van der Waals surface area contributed by atoms with E-state index in [0.717, 1.165) is 0 Å². The minimum Gasteiger partial charge on any atom is -0.423 e. The van der Waals surface area contributed by atoms with Gasteiger partial charge < -0.3 is 20.1 Å². The number of carbonyl (C=O) groups excluding carboxylic acids is 2. The molecule has 0 atom stereocenters. The van der Waals surface area contributed by atoms with Crippen LogP contribution in [0.3, 0.4) is 0 Å². The van der Waals surface area contributed by atoms with E-state index in [1.165, 1.54) is 42.5 Å². The molecular formula is C20H20B2N4O6. The highest BCUT2D eigenvalue weighted by Gasteiger charge is 2.14. The molecule has 0 spiro atoms. The van der Waals surface area contributed by atoms with Gasteiger partial charge in [0.2, 0.25) is 0 Å². The fourth-order valence-corrected chi connectivity index (χ4v) is 2.76. The highest BCUT2D eigenvalue weighted by Crippen LogP contribution is 2.08. The van der Waals surface area contributed by atoms with Gasteiger partial charge in [-0.2, -0.15) is 0 Å². The molecule has 0 bridgehead atoms. The summed E-state index contributed by atoms with van der Waals surface area (Å²) in [6, 6.07) is 18.4. The summed E-state index contributed by atoms with van der Waals surface area (Å²) >= 11 is 0. The molecule has 10 nitrogen and oxygen atoms in total. The number of carbonyl (C=O) groups is 2. The Morgan fingerprint density at radius 3 is 1.41 bits per heavy atom. The zero-order valence-corrected chi connectivity index (χ0v) is 16.7. The Morgan fingerprint density at radius 1 is 0.594 bits per heavy atom. The average molecular weight is 434 g/mol. The molecule has 0 aliphatic rings. The largest absolute Gasteiger partial charge is 0.488 e. The van der Waals surface area contributed by atoms with Crippen molar-refractivity contribution in [3.05, 3.63) is 83.9 Å². The third kappa shape index (κ3) is 6.09. The molecule has 8 N–H and O–H groups in total. The minimum atomic E-state index is -1.63. The first-order valence-corrected chi connectivity index (χ1v) is 9.48. The molecule has 0 aromatic heterocycles. The number of anilines is 2. The van der Waals surface area contributed by atoms with Crippen LogP contribution in [0.5, 0.6) is 0 Å². The molecule has 0 heterocycles. The van der Waals surface area contributed by atoms with E-state index in [9.17, 15) is 29.7 Å². The van der Waals surface area contributed by atoms with Crippen LogP contribution >= 0.6 is 0 Å². The Bertz CT molecular complexity index is 1030. The van der Waals surface area contributed by atoms with Crippen LogP contribution in [0, 0.1) is 0 Å². The Labute approximate surface area is 184 Å². The highest BCUT2D eigenvalue weighted by molar-refractivity contribution is 6.59. The summed E-state index contributed by atoms with van der Waals surface area (Å²) in [5.41, 5.74) is 12.1. The quantitative estimate of drug-likeness (QED) is 0.158. The molecule has 0 radical (unpaired) electrons. The first-order valence-electron chi connectivity index (χ1n) is 9.48. The molecule has 3 rings (SSSR count). The van der Waals surface area contributed by atoms with Crippen molar-refractivity contribution in [1.82, 2.24) is 10.9 Å². The number of amides is 2. The molecule has 2 amide bonds. The maximum atomic E-state index is 12.4. The molecule has 0 aliphatic carbocycles. The number of hydrogen-bond acceptors (Lipinski definition) is 8. The summed E-state index contributed by atoms with van der Waals surface area (Å²) in [5, 5.41) is 36.9. The molecule has 12 heteroatoms. The van der Waals surface area contributed by atoms with Gasteiger partial charge in [-0.1, -0.05) is 30.3 Å². The molecule has 0 unspecified atom stereocenters.